The van der Waals surface area contributed by atoms with Gasteiger partial charge in [-0.2, -0.15) is 0 Å². The van der Waals surface area contributed by atoms with Crippen molar-refractivity contribution in [2.24, 2.45) is 0 Å². The molecule has 0 aliphatic heterocycles. The van der Waals surface area contributed by atoms with Crippen LogP contribution >= 0.6 is 22.5 Å². The van der Waals surface area contributed by atoms with Crippen LogP contribution in [0.1, 0.15) is 0 Å². The normalized spacial score (nSPS) is 9.45. The van der Waals surface area contributed by atoms with Gasteiger partial charge in [-0.05, 0) is 23.3 Å². The van der Waals surface area contributed by atoms with Crippen LogP contribution in [0.15, 0.2) is 95.9 Å². The van der Waals surface area contributed by atoms with Crippen LogP contribution < -0.4 is 0 Å². The molecule has 0 fully saturated rings. The Balaban J connectivity index is 0.000000160. The molecule has 0 radical (unpaired) electrons. The highest BCUT2D eigenvalue weighted by Gasteiger charge is 1.91. The zero-order valence-electron chi connectivity index (χ0n) is 11.0. The molecule has 0 aromatic heterocycles. The topological polar surface area (TPSA) is 0 Å². The standard InChI is InChI=1S/C12H10.C6H6S2/c1-3-7-11(8-4-1)12-9-5-2-6-10-12;7-8-6-4-2-1-3-5-6/h1-10H;1-5,7H. The van der Waals surface area contributed by atoms with Crippen LogP contribution in [0.3, 0.4) is 0 Å². The predicted octanol–water partition coefficient (Wildman–Crippen LogP) is 5.98. The largest absolute Gasteiger partial charge is 0.106 e. The molecule has 0 aliphatic carbocycles. The van der Waals surface area contributed by atoms with Crippen LogP contribution in [0.4, 0.5) is 0 Å². The summed E-state index contributed by atoms with van der Waals surface area (Å²) in [5, 5.41) is 0. The van der Waals surface area contributed by atoms with E-state index in [0.29, 0.717) is 0 Å². The molecular weight excluding hydrogens is 280 g/mol. The molecule has 3 aromatic rings. The molecule has 0 amide bonds. The number of hydrogen-bond donors (Lipinski definition) is 1. The molecule has 100 valence electrons. The van der Waals surface area contributed by atoms with Crippen molar-refractivity contribution in [3.63, 3.8) is 0 Å². The minimum absolute atomic E-state index is 1.19. The lowest BCUT2D eigenvalue weighted by molar-refractivity contribution is 1.48. The van der Waals surface area contributed by atoms with Crippen LogP contribution in [0.25, 0.3) is 11.1 Å². The number of rotatable bonds is 2. The first kappa shape index (κ1) is 14.8. The Morgan fingerprint density at radius 1 is 0.500 bits per heavy atom. The van der Waals surface area contributed by atoms with E-state index in [1.165, 1.54) is 26.8 Å². The third kappa shape index (κ3) is 4.80. The molecule has 0 saturated carbocycles. The van der Waals surface area contributed by atoms with Crippen molar-refractivity contribution < 1.29 is 0 Å². The first-order chi connectivity index (χ1) is 9.90. The summed E-state index contributed by atoms with van der Waals surface area (Å²) in [5.41, 5.74) is 2.55. The molecule has 0 N–H and O–H groups in total. The van der Waals surface area contributed by atoms with E-state index in [1.807, 2.05) is 42.5 Å². The highest BCUT2D eigenvalue weighted by atomic mass is 33.1. The lowest BCUT2D eigenvalue weighted by atomic mass is 10.1. The van der Waals surface area contributed by atoms with Crippen molar-refractivity contribution in [2.45, 2.75) is 4.90 Å². The summed E-state index contributed by atoms with van der Waals surface area (Å²) in [5.74, 6) is 0. The monoisotopic (exact) mass is 296 g/mol. The maximum Gasteiger partial charge on any atom is 0.0180 e. The lowest BCUT2D eigenvalue weighted by Crippen LogP contribution is -1.73. The number of benzene rings is 3. The van der Waals surface area contributed by atoms with Crippen molar-refractivity contribution in [3.05, 3.63) is 91.0 Å². The van der Waals surface area contributed by atoms with E-state index in [-0.39, 0.29) is 0 Å². The van der Waals surface area contributed by atoms with Gasteiger partial charge in [-0.3, -0.25) is 0 Å². The Bertz CT molecular complexity index is 555. The molecule has 0 saturated heterocycles. The first-order valence-electron chi connectivity index (χ1n) is 6.37. The van der Waals surface area contributed by atoms with Crippen molar-refractivity contribution in [2.75, 3.05) is 0 Å². The van der Waals surface area contributed by atoms with Crippen molar-refractivity contribution >= 4 is 22.5 Å². The molecule has 0 spiro atoms. The molecule has 0 unspecified atom stereocenters. The van der Waals surface area contributed by atoms with Crippen LogP contribution in [0.5, 0.6) is 0 Å². The SMILES string of the molecule is SSc1ccccc1.c1ccc(-c2ccccc2)cc1. The van der Waals surface area contributed by atoms with Crippen LogP contribution in [-0.2, 0) is 0 Å². The van der Waals surface area contributed by atoms with Crippen molar-refractivity contribution in [1.29, 1.82) is 0 Å². The third-order valence-corrected chi connectivity index (χ3v) is 3.84. The van der Waals surface area contributed by atoms with Gasteiger partial charge in [0.05, 0.1) is 0 Å². The Morgan fingerprint density at radius 3 is 1.15 bits per heavy atom. The highest BCUT2D eigenvalue weighted by Crippen LogP contribution is 2.19. The van der Waals surface area contributed by atoms with Gasteiger partial charge in [-0.15, -0.1) is 11.7 Å². The smallest absolute Gasteiger partial charge is 0.0180 e. The molecule has 0 heterocycles. The quantitative estimate of drug-likeness (QED) is 0.448. The fourth-order valence-corrected chi connectivity index (χ4v) is 2.39. The molecular formula is C18H16S2. The fourth-order valence-electron chi connectivity index (χ4n) is 1.74. The Labute approximate surface area is 129 Å². The predicted molar refractivity (Wildman–Crippen MR) is 93.2 cm³/mol. The molecule has 0 nitrogen and oxygen atoms in total. The van der Waals surface area contributed by atoms with Crippen molar-refractivity contribution in [3.8, 4) is 11.1 Å². The Hall–Kier alpha value is -1.64. The van der Waals surface area contributed by atoms with Gasteiger partial charge in [0.25, 0.3) is 0 Å². The molecule has 0 atom stereocenters. The maximum atomic E-state index is 4.03. The highest BCUT2D eigenvalue weighted by molar-refractivity contribution is 8.68. The summed E-state index contributed by atoms with van der Waals surface area (Å²) in [6.07, 6.45) is 0. The molecule has 0 aliphatic rings. The summed E-state index contributed by atoms with van der Waals surface area (Å²) >= 11 is 4.03. The fraction of sp³-hybridized carbons (Fsp3) is 0. The first-order valence-corrected chi connectivity index (χ1v) is 8.24. The van der Waals surface area contributed by atoms with Gasteiger partial charge >= 0.3 is 0 Å². The molecule has 3 aromatic carbocycles. The molecule has 0 bridgehead atoms. The molecule has 20 heavy (non-hydrogen) atoms. The Morgan fingerprint density at radius 2 is 0.850 bits per heavy atom. The van der Waals surface area contributed by atoms with Crippen LogP contribution in [0.2, 0.25) is 0 Å². The van der Waals surface area contributed by atoms with Crippen LogP contribution in [-0.4, -0.2) is 0 Å². The lowest BCUT2D eigenvalue weighted by Gasteiger charge is -1.98. The van der Waals surface area contributed by atoms with Gasteiger partial charge in [-0.1, -0.05) is 89.7 Å². The van der Waals surface area contributed by atoms with E-state index in [1.54, 1.807) is 0 Å². The van der Waals surface area contributed by atoms with Gasteiger partial charge in [0.2, 0.25) is 0 Å². The van der Waals surface area contributed by atoms with E-state index in [2.05, 4.69) is 60.2 Å². The van der Waals surface area contributed by atoms with Gasteiger partial charge in [0.1, 0.15) is 0 Å². The van der Waals surface area contributed by atoms with Gasteiger partial charge < -0.3 is 0 Å². The minimum atomic E-state index is 1.19. The van der Waals surface area contributed by atoms with E-state index >= 15 is 0 Å². The van der Waals surface area contributed by atoms with Gasteiger partial charge in [-0.25, -0.2) is 0 Å². The van der Waals surface area contributed by atoms with E-state index in [4.69, 9.17) is 0 Å². The number of thiol groups is 1. The van der Waals surface area contributed by atoms with E-state index in [9.17, 15) is 0 Å². The average Bonchev–Trinajstić information content (AvgIpc) is 2.58. The summed E-state index contributed by atoms with van der Waals surface area (Å²) in [6.45, 7) is 0. The van der Waals surface area contributed by atoms with E-state index < -0.39 is 0 Å². The zero-order valence-corrected chi connectivity index (χ0v) is 12.7. The maximum absolute atomic E-state index is 4.03. The van der Waals surface area contributed by atoms with E-state index in [0.717, 1.165) is 0 Å². The summed E-state index contributed by atoms with van der Waals surface area (Å²) in [6, 6.07) is 30.8. The number of hydrogen-bond acceptors (Lipinski definition) is 2. The zero-order chi connectivity index (χ0) is 14.0. The average molecular weight is 296 g/mol. The van der Waals surface area contributed by atoms with Crippen molar-refractivity contribution in [1.82, 2.24) is 0 Å². The molecule has 2 heteroatoms. The summed E-state index contributed by atoms with van der Waals surface area (Å²) in [4.78, 5) is 1.19. The van der Waals surface area contributed by atoms with Gasteiger partial charge in [0, 0.05) is 4.90 Å². The second-order valence-electron chi connectivity index (χ2n) is 4.14. The second kappa shape index (κ2) is 8.51. The molecule has 3 rings (SSSR count). The second-order valence-corrected chi connectivity index (χ2v) is 5.34. The third-order valence-electron chi connectivity index (χ3n) is 2.73. The summed E-state index contributed by atoms with van der Waals surface area (Å²) in [7, 11) is 1.46. The minimum Gasteiger partial charge on any atom is -0.106 e. The van der Waals surface area contributed by atoms with Gasteiger partial charge in [0.15, 0.2) is 0 Å². The Kier molecular flexibility index (Phi) is 6.28. The summed E-state index contributed by atoms with van der Waals surface area (Å²) < 4.78 is 0. The van der Waals surface area contributed by atoms with Crippen LogP contribution in [0, 0.1) is 0 Å².